The number of nitrogens with two attached hydrogens (primary N) is 1. The van der Waals surface area contributed by atoms with Crippen LogP contribution in [0.4, 0.5) is 5.13 Å². The van der Waals surface area contributed by atoms with Gasteiger partial charge in [0.25, 0.3) is 11.8 Å². The molecule has 0 aromatic carbocycles. The average molecular weight is 606 g/mol. The molecule has 40 heavy (non-hydrogen) atoms. The minimum absolute atomic E-state index is 0.0688. The lowest BCUT2D eigenvalue weighted by Crippen LogP contribution is -2.71. The van der Waals surface area contributed by atoms with E-state index in [0.717, 1.165) is 16.4 Å². The van der Waals surface area contributed by atoms with Crippen molar-refractivity contribution in [2.45, 2.75) is 41.3 Å². The number of aliphatic carboxylic acids is 2. The van der Waals surface area contributed by atoms with Crippen LogP contribution in [0.1, 0.15) is 25.0 Å². The summed E-state index contributed by atoms with van der Waals surface area (Å²) in [5, 5.41) is 27.9. The van der Waals surface area contributed by atoms with Crippen LogP contribution >= 0.6 is 34.9 Å². The van der Waals surface area contributed by atoms with Crippen LogP contribution < -0.4 is 15.6 Å². The van der Waals surface area contributed by atoms with Gasteiger partial charge in [-0.1, -0.05) is 16.9 Å². The van der Waals surface area contributed by atoms with Crippen molar-refractivity contribution in [1.82, 2.24) is 15.2 Å². The van der Waals surface area contributed by atoms with Crippen LogP contribution in [-0.4, -0.2) is 78.1 Å². The number of anilines is 1. The van der Waals surface area contributed by atoms with E-state index in [2.05, 4.69) is 15.5 Å². The van der Waals surface area contributed by atoms with Gasteiger partial charge in [0.15, 0.2) is 17.0 Å². The van der Waals surface area contributed by atoms with Gasteiger partial charge < -0.3 is 26.1 Å². The van der Waals surface area contributed by atoms with Gasteiger partial charge in [0.05, 0.1) is 0 Å². The Balaban J connectivity index is 1.33. The summed E-state index contributed by atoms with van der Waals surface area (Å²) in [4.78, 5) is 60.9. The van der Waals surface area contributed by atoms with Gasteiger partial charge >= 0.3 is 11.9 Å². The minimum atomic E-state index is -1.53. The van der Waals surface area contributed by atoms with Gasteiger partial charge in [0, 0.05) is 41.9 Å². The van der Waals surface area contributed by atoms with Gasteiger partial charge in [-0.15, -0.1) is 23.1 Å². The van der Waals surface area contributed by atoms with Crippen molar-refractivity contribution in [1.29, 1.82) is 0 Å². The first-order valence-corrected chi connectivity index (χ1v) is 15.0. The standard InChI is InChI=1S/C24H24N6O7S3/c1-29-8-3-2-5-14(29)38-9-12-10-39-20-16(19(32)30(20)17(12)21(33)34)27-18(31)15(13-11-40-23(25)26-13)28-37-24(22(35)36)6-4-7-24/h2-3,5,8,11,16,20H,4,6-7,9-10H2,1H3,(H4-,25,26,27,31,33,34,35,36)/p+1/t16-,20-/m1/s1. The van der Waals surface area contributed by atoms with Gasteiger partial charge in [0.2, 0.25) is 10.6 Å². The number of rotatable bonds is 10. The van der Waals surface area contributed by atoms with Crippen molar-refractivity contribution in [2.24, 2.45) is 12.2 Å². The number of nitrogen functional groups attached to an aromatic ring is 1. The van der Waals surface area contributed by atoms with E-state index in [-0.39, 0.29) is 35.1 Å². The Bertz CT molecular complexity index is 1450. The predicted molar refractivity (Wildman–Crippen MR) is 146 cm³/mol. The summed E-state index contributed by atoms with van der Waals surface area (Å²) in [7, 11) is 1.89. The quantitative estimate of drug-likeness (QED) is 0.0986. The first-order chi connectivity index (χ1) is 19.1. The molecule has 5 N–H and O–H groups in total. The zero-order chi connectivity index (χ0) is 28.6. The highest BCUT2D eigenvalue weighted by Crippen LogP contribution is 2.41. The summed E-state index contributed by atoms with van der Waals surface area (Å²) in [6.45, 7) is 0. The second-order valence-electron chi connectivity index (χ2n) is 9.31. The molecule has 210 valence electrons. The largest absolute Gasteiger partial charge is 0.478 e. The molecule has 2 aromatic rings. The zero-order valence-corrected chi connectivity index (χ0v) is 23.6. The second-order valence-corrected chi connectivity index (χ2v) is 12.3. The number of carbonyl (C=O) groups excluding carboxylic acids is 2. The Morgan fingerprint density at radius 3 is 2.73 bits per heavy atom. The van der Waals surface area contributed by atoms with Crippen LogP contribution in [-0.2, 0) is 31.1 Å². The maximum atomic E-state index is 13.3. The molecule has 2 aliphatic heterocycles. The van der Waals surface area contributed by atoms with Crippen molar-refractivity contribution in [3.05, 3.63) is 46.7 Å². The van der Waals surface area contributed by atoms with Gasteiger partial charge in [-0.3, -0.25) is 14.5 Å². The molecule has 0 unspecified atom stereocenters. The summed E-state index contributed by atoms with van der Waals surface area (Å²) in [5.41, 5.74) is 4.46. The Morgan fingerprint density at radius 1 is 1.35 bits per heavy atom. The lowest BCUT2D eigenvalue weighted by Gasteiger charge is -2.49. The Labute approximate surface area is 240 Å². The highest BCUT2D eigenvalue weighted by molar-refractivity contribution is 8.01. The third kappa shape index (κ3) is 5.13. The number of fused-ring (bicyclic) bond motifs is 1. The van der Waals surface area contributed by atoms with Gasteiger partial charge in [-0.2, -0.15) is 4.57 Å². The molecular formula is C24H25N6O7S3+. The topological polar surface area (TPSA) is 188 Å². The fraction of sp³-hybridized carbons (Fsp3) is 0.375. The Hall–Kier alpha value is -3.63. The number of hydrogen-bond donors (Lipinski definition) is 4. The lowest BCUT2D eigenvalue weighted by atomic mass is 9.80. The van der Waals surface area contributed by atoms with Crippen molar-refractivity contribution >= 4 is 69.5 Å². The highest BCUT2D eigenvalue weighted by Gasteiger charge is 2.54. The van der Waals surface area contributed by atoms with Crippen molar-refractivity contribution < 1.29 is 38.8 Å². The molecule has 2 aromatic heterocycles. The number of carboxylic acids is 2. The highest BCUT2D eigenvalue weighted by atomic mass is 32.2. The molecule has 1 saturated heterocycles. The number of nitrogens with one attached hydrogen (secondary N) is 1. The van der Waals surface area contributed by atoms with E-state index in [4.69, 9.17) is 10.6 Å². The number of oxime groups is 1. The van der Waals surface area contributed by atoms with E-state index in [0.29, 0.717) is 23.5 Å². The first-order valence-electron chi connectivity index (χ1n) is 12.1. The molecule has 1 aliphatic carbocycles. The summed E-state index contributed by atoms with van der Waals surface area (Å²) in [6.07, 6.45) is 3.01. The van der Waals surface area contributed by atoms with Crippen LogP contribution in [0.25, 0.3) is 0 Å². The number of nitrogens with zero attached hydrogens (tertiary/aromatic N) is 4. The van der Waals surface area contributed by atoms with Gasteiger partial charge in [-0.25, -0.2) is 14.6 Å². The second kappa shape index (κ2) is 11.1. The molecule has 2 amide bonds. The molecule has 13 nitrogen and oxygen atoms in total. The molecular weight excluding hydrogens is 581 g/mol. The van der Waals surface area contributed by atoms with Crippen LogP contribution in [0.2, 0.25) is 0 Å². The molecule has 0 spiro atoms. The number of amides is 2. The molecule has 5 rings (SSSR count). The van der Waals surface area contributed by atoms with E-state index in [9.17, 15) is 29.4 Å². The maximum Gasteiger partial charge on any atom is 0.352 e. The molecule has 3 aliphatic rings. The van der Waals surface area contributed by atoms with E-state index >= 15 is 0 Å². The van der Waals surface area contributed by atoms with Crippen molar-refractivity contribution in [3.63, 3.8) is 0 Å². The summed E-state index contributed by atoms with van der Waals surface area (Å²) in [6, 6.07) is 4.69. The van der Waals surface area contributed by atoms with Crippen LogP contribution in [0, 0.1) is 0 Å². The fourth-order valence-electron chi connectivity index (χ4n) is 4.40. The zero-order valence-electron chi connectivity index (χ0n) is 21.1. The van der Waals surface area contributed by atoms with Crippen LogP contribution in [0.15, 0.2) is 51.2 Å². The number of aryl methyl sites for hydroxylation is 1. The van der Waals surface area contributed by atoms with E-state index in [1.165, 1.54) is 33.8 Å². The normalized spacial score (nSPS) is 21.7. The Morgan fingerprint density at radius 2 is 2.12 bits per heavy atom. The summed E-state index contributed by atoms with van der Waals surface area (Å²) in [5.74, 6) is -3.06. The predicted octanol–water partition coefficient (Wildman–Crippen LogP) is 0.809. The van der Waals surface area contributed by atoms with Crippen LogP contribution in [0.5, 0.6) is 0 Å². The molecule has 1 saturated carbocycles. The van der Waals surface area contributed by atoms with Gasteiger partial charge in [0.1, 0.15) is 29.9 Å². The number of pyridine rings is 1. The summed E-state index contributed by atoms with van der Waals surface area (Å²) >= 11 is 3.87. The number of thiazole rings is 1. The number of aromatic nitrogens is 2. The van der Waals surface area contributed by atoms with Crippen LogP contribution in [0.3, 0.4) is 0 Å². The number of thioether (sulfide) groups is 2. The third-order valence-electron chi connectivity index (χ3n) is 6.78. The molecule has 0 radical (unpaired) electrons. The summed E-state index contributed by atoms with van der Waals surface area (Å²) < 4.78 is 1.92. The minimum Gasteiger partial charge on any atom is -0.478 e. The number of β-lactam (4-membered cyclic amide) rings is 1. The number of hydrogen-bond acceptors (Lipinski definition) is 11. The smallest absolute Gasteiger partial charge is 0.352 e. The lowest BCUT2D eigenvalue weighted by molar-refractivity contribution is -0.708. The fourth-order valence-corrected chi connectivity index (χ4v) is 7.42. The number of carboxylic acid groups (broad SMARTS) is 2. The maximum absolute atomic E-state index is 13.3. The Kier molecular flexibility index (Phi) is 7.74. The molecule has 16 heteroatoms. The monoisotopic (exact) mass is 605 g/mol. The number of carbonyl (C=O) groups is 4. The van der Waals surface area contributed by atoms with Crippen molar-refractivity contribution in [3.8, 4) is 0 Å². The SMILES string of the molecule is C[n+]1ccccc1SCC1=C(C(=O)O)N2C(=O)[C@@H](NC(=O)C(=NOC3(C(=O)O)CCC3)c3csc(N)n3)[C@H]2SC1. The molecule has 2 atom stereocenters. The third-order valence-corrected chi connectivity index (χ3v) is 10.0. The molecule has 4 heterocycles. The van der Waals surface area contributed by atoms with E-state index in [1.54, 1.807) is 0 Å². The molecule has 0 bridgehead atoms. The van der Waals surface area contributed by atoms with E-state index in [1.807, 2.05) is 36.0 Å². The molecule has 2 fully saturated rings. The van der Waals surface area contributed by atoms with Gasteiger partial charge in [-0.05, 0) is 18.1 Å². The van der Waals surface area contributed by atoms with Crippen molar-refractivity contribution in [2.75, 3.05) is 17.2 Å². The first kappa shape index (κ1) is 27.9. The average Bonchev–Trinajstić information content (AvgIpc) is 3.32. The van der Waals surface area contributed by atoms with E-state index < -0.39 is 40.8 Å².